The number of nitrogens with one attached hydrogen (secondary N) is 2. The number of β-amino-alcohol motifs (C(OH)–C–C–N with tert-alkyl or cyclic N) is 1. The van der Waals surface area contributed by atoms with Crippen LogP contribution in [0.2, 0.25) is 5.02 Å². The average molecular weight is 390 g/mol. The predicted molar refractivity (Wildman–Crippen MR) is 93.6 cm³/mol. The molecule has 2 atom stereocenters. The van der Waals surface area contributed by atoms with Crippen LogP contribution in [0.5, 0.6) is 0 Å². The highest BCUT2D eigenvalue weighted by atomic mass is 35.5. The van der Waals surface area contributed by atoms with E-state index in [0.29, 0.717) is 19.6 Å². The third-order valence-corrected chi connectivity index (χ3v) is 4.43. The summed E-state index contributed by atoms with van der Waals surface area (Å²) in [6, 6.07) is 4.24. The predicted octanol–water partition coefficient (Wildman–Crippen LogP) is 2.17. The minimum Gasteiger partial charge on any atom is -0.391 e. The number of benzene rings is 1. The van der Waals surface area contributed by atoms with E-state index in [4.69, 9.17) is 16.1 Å². The lowest BCUT2D eigenvalue weighted by molar-refractivity contribution is 0.0926. The molecular weight excluding hydrogens is 372 g/mol. The van der Waals surface area contributed by atoms with Crippen LogP contribution in [0.1, 0.15) is 16.1 Å². The molecule has 0 saturated carbocycles. The van der Waals surface area contributed by atoms with Crippen LogP contribution in [0, 0.1) is 18.7 Å². The molecule has 1 aromatic heterocycles. The van der Waals surface area contributed by atoms with Gasteiger partial charge in [0.25, 0.3) is 5.91 Å². The molecule has 2 heterocycles. The Balaban J connectivity index is 0.00000225. The third-order valence-electron chi connectivity index (χ3n) is 4.12. The van der Waals surface area contributed by atoms with Crippen LogP contribution < -0.4 is 10.6 Å². The summed E-state index contributed by atoms with van der Waals surface area (Å²) in [5.41, 5.74) is 0.240. The summed E-state index contributed by atoms with van der Waals surface area (Å²) in [5, 5.41) is 19.5. The van der Waals surface area contributed by atoms with Gasteiger partial charge in [-0.3, -0.25) is 4.79 Å². The number of nitrogens with zero attached hydrogens (tertiary/aromatic N) is 1. The summed E-state index contributed by atoms with van der Waals surface area (Å²) in [6.45, 7) is 2.99. The second kappa shape index (κ2) is 8.14. The maximum absolute atomic E-state index is 14.1. The van der Waals surface area contributed by atoms with Crippen molar-refractivity contribution in [2.45, 2.75) is 13.0 Å². The van der Waals surface area contributed by atoms with Gasteiger partial charge < -0.3 is 20.3 Å². The molecular formula is C16H18Cl2FN3O3. The fourth-order valence-electron chi connectivity index (χ4n) is 2.77. The summed E-state index contributed by atoms with van der Waals surface area (Å²) in [7, 11) is 0. The summed E-state index contributed by atoms with van der Waals surface area (Å²) in [6.07, 6.45) is -0.505. The molecule has 6 nitrogen and oxygen atoms in total. The van der Waals surface area contributed by atoms with Crippen LogP contribution in [0.4, 0.5) is 4.39 Å². The molecule has 0 aliphatic carbocycles. The molecule has 0 radical (unpaired) electrons. The van der Waals surface area contributed by atoms with Crippen molar-refractivity contribution in [2.75, 3.05) is 19.6 Å². The van der Waals surface area contributed by atoms with E-state index in [-0.39, 0.29) is 45.9 Å². The number of aryl methyl sites for hydroxylation is 1. The molecule has 0 spiro atoms. The van der Waals surface area contributed by atoms with Gasteiger partial charge in [0.15, 0.2) is 0 Å². The van der Waals surface area contributed by atoms with E-state index in [2.05, 4.69) is 15.8 Å². The van der Waals surface area contributed by atoms with Crippen LogP contribution in [0.15, 0.2) is 22.7 Å². The van der Waals surface area contributed by atoms with Crippen LogP contribution in [-0.2, 0) is 0 Å². The van der Waals surface area contributed by atoms with Gasteiger partial charge in [-0.15, -0.1) is 12.4 Å². The van der Waals surface area contributed by atoms with Crippen molar-refractivity contribution < 1.29 is 18.8 Å². The first kappa shape index (κ1) is 19.7. The van der Waals surface area contributed by atoms with E-state index in [0.717, 1.165) is 0 Å². The number of halogens is 3. The maximum atomic E-state index is 14.1. The van der Waals surface area contributed by atoms with Crippen molar-refractivity contribution in [2.24, 2.45) is 5.92 Å². The van der Waals surface area contributed by atoms with E-state index in [1.807, 2.05) is 0 Å². The summed E-state index contributed by atoms with van der Waals surface area (Å²) < 4.78 is 19.2. The molecule has 1 fully saturated rings. The Morgan fingerprint density at radius 3 is 2.92 bits per heavy atom. The van der Waals surface area contributed by atoms with Crippen LogP contribution >= 0.6 is 24.0 Å². The maximum Gasteiger partial charge on any atom is 0.257 e. The van der Waals surface area contributed by atoms with Gasteiger partial charge in [-0.05, 0) is 19.1 Å². The quantitative estimate of drug-likeness (QED) is 0.745. The Bertz CT molecular complexity index is 749. The lowest BCUT2D eigenvalue weighted by Crippen LogP contribution is -2.34. The summed E-state index contributed by atoms with van der Waals surface area (Å²) in [5.74, 6) is -0.830. The van der Waals surface area contributed by atoms with E-state index < -0.39 is 17.8 Å². The fraction of sp³-hybridized carbons (Fsp3) is 0.375. The molecule has 25 heavy (non-hydrogen) atoms. The Kier molecular flexibility index (Phi) is 6.40. The second-order valence-electron chi connectivity index (χ2n) is 5.75. The lowest BCUT2D eigenvalue weighted by atomic mass is 10.0. The van der Waals surface area contributed by atoms with Gasteiger partial charge >= 0.3 is 0 Å². The number of rotatable bonds is 4. The molecule has 1 aromatic carbocycles. The van der Waals surface area contributed by atoms with Crippen molar-refractivity contribution >= 4 is 29.9 Å². The van der Waals surface area contributed by atoms with Gasteiger partial charge in [-0.1, -0.05) is 22.8 Å². The summed E-state index contributed by atoms with van der Waals surface area (Å²) >= 11 is 6.06. The Labute approximate surface area is 155 Å². The topological polar surface area (TPSA) is 87.4 Å². The summed E-state index contributed by atoms with van der Waals surface area (Å²) in [4.78, 5) is 12.5. The standard InChI is InChI=1S/C16H17ClFN3O3.ClH/c1-8-13(16(23)20-6-9-5-19-7-12(9)22)15(21-24-8)14-10(17)3-2-4-11(14)18;/h2-4,9,12,19,22H,5-7H2,1H3,(H,20,23);1H. The first-order chi connectivity index (χ1) is 11.5. The third kappa shape index (κ3) is 3.95. The Hall–Kier alpha value is -1.67. The second-order valence-corrected chi connectivity index (χ2v) is 6.16. The van der Waals surface area contributed by atoms with Crippen molar-refractivity contribution in [3.63, 3.8) is 0 Å². The minimum atomic E-state index is -0.583. The number of hydrogen-bond acceptors (Lipinski definition) is 5. The van der Waals surface area contributed by atoms with Crippen LogP contribution in [0.3, 0.4) is 0 Å². The minimum absolute atomic E-state index is 0. The number of carbonyl (C=O) groups excluding carboxylic acids is 1. The molecule has 0 bridgehead atoms. The van der Waals surface area contributed by atoms with Gasteiger partial charge in [-0.2, -0.15) is 0 Å². The molecule has 3 rings (SSSR count). The normalized spacial score (nSPS) is 19.5. The van der Waals surface area contributed by atoms with Gasteiger partial charge in [0.1, 0.15) is 22.8 Å². The smallest absolute Gasteiger partial charge is 0.257 e. The molecule has 1 saturated heterocycles. The highest BCUT2D eigenvalue weighted by Gasteiger charge is 2.28. The Morgan fingerprint density at radius 2 is 2.28 bits per heavy atom. The molecule has 1 aliphatic heterocycles. The lowest BCUT2D eigenvalue weighted by Gasteiger charge is -2.14. The molecule has 136 valence electrons. The zero-order valence-electron chi connectivity index (χ0n) is 13.4. The van der Waals surface area contributed by atoms with E-state index in [1.165, 1.54) is 18.2 Å². The Morgan fingerprint density at radius 1 is 1.52 bits per heavy atom. The highest BCUT2D eigenvalue weighted by Crippen LogP contribution is 2.33. The number of aliphatic hydroxyl groups is 1. The van der Waals surface area contributed by atoms with Gasteiger partial charge in [0.05, 0.1) is 16.7 Å². The molecule has 3 N–H and O–H groups in total. The van der Waals surface area contributed by atoms with E-state index >= 15 is 0 Å². The molecule has 1 aliphatic rings. The number of hydrogen-bond donors (Lipinski definition) is 3. The first-order valence-electron chi connectivity index (χ1n) is 7.56. The van der Waals surface area contributed by atoms with Crippen molar-refractivity contribution in [3.8, 4) is 11.3 Å². The average Bonchev–Trinajstić information content (AvgIpc) is 3.11. The number of carbonyl (C=O) groups is 1. The monoisotopic (exact) mass is 389 g/mol. The largest absolute Gasteiger partial charge is 0.391 e. The SMILES string of the molecule is Cc1onc(-c2c(F)cccc2Cl)c1C(=O)NCC1CNCC1O.Cl. The zero-order chi connectivity index (χ0) is 17.3. The zero-order valence-corrected chi connectivity index (χ0v) is 15.0. The molecule has 2 aromatic rings. The number of amides is 1. The molecule has 9 heteroatoms. The van der Waals surface area contributed by atoms with Crippen molar-refractivity contribution in [1.82, 2.24) is 15.8 Å². The number of aliphatic hydroxyl groups excluding tert-OH is 1. The van der Waals surface area contributed by atoms with Crippen LogP contribution in [0.25, 0.3) is 11.3 Å². The van der Waals surface area contributed by atoms with Gasteiger partial charge in [-0.25, -0.2) is 4.39 Å². The molecule has 1 amide bonds. The van der Waals surface area contributed by atoms with E-state index in [1.54, 1.807) is 6.92 Å². The van der Waals surface area contributed by atoms with Gasteiger partial charge in [0, 0.05) is 25.6 Å². The first-order valence-corrected chi connectivity index (χ1v) is 7.94. The van der Waals surface area contributed by atoms with E-state index in [9.17, 15) is 14.3 Å². The van der Waals surface area contributed by atoms with Crippen molar-refractivity contribution in [3.05, 3.63) is 40.4 Å². The fourth-order valence-corrected chi connectivity index (χ4v) is 3.03. The molecule has 2 unspecified atom stereocenters. The van der Waals surface area contributed by atoms with Crippen LogP contribution in [-0.4, -0.2) is 41.9 Å². The number of aromatic nitrogens is 1. The highest BCUT2D eigenvalue weighted by molar-refractivity contribution is 6.33. The van der Waals surface area contributed by atoms with Gasteiger partial charge in [0.2, 0.25) is 0 Å². The van der Waals surface area contributed by atoms with Crippen molar-refractivity contribution in [1.29, 1.82) is 0 Å².